The Kier molecular flexibility index (Phi) is 4.76. The summed E-state index contributed by atoms with van der Waals surface area (Å²) in [6.45, 7) is 1.65. The molecule has 1 aromatic rings. The van der Waals surface area contributed by atoms with Crippen LogP contribution in [-0.2, 0) is 0 Å². The first kappa shape index (κ1) is 13.0. The number of carbonyl (C=O) groups excluding carboxylic acids is 1. The van der Waals surface area contributed by atoms with Gasteiger partial charge in [0, 0.05) is 25.2 Å². The van der Waals surface area contributed by atoms with Crippen molar-refractivity contribution in [2.45, 2.75) is 18.9 Å². The number of amides is 1. The highest BCUT2D eigenvalue weighted by Crippen LogP contribution is 2.18. The number of nitrogens with zero attached hydrogens (tertiary/aromatic N) is 2. The minimum atomic E-state index is -0.0264. The Morgan fingerprint density at radius 3 is 3.19 bits per heavy atom. The molecule has 1 aliphatic heterocycles. The fourth-order valence-electron chi connectivity index (χ4n) is 2.02. The zero-order valence-electron chi connectivity index (χ0n) is 9.18. The van der Waals surface area contributed by atoms with Crippen molar-refractivity contribution >= 4 is 18.3 Å². The fourth-order valence-corrected chi connectivity index (χ4v) is 2.02. The fraction of sp³-hybridized carbons (Fsp3) is 0.600. The molecule has 2 rings (SSSR count). The molecule has 90 valence electrons. The summed E-state index contributed by atoms with van der Waals surface area (Å²) in [6, 6.07) is 1.90. The molecule has 0 saturated carbocycles. The number of likely N-dealkylation sites (N-methyl/N-ethyl adjacent to an activating group) is 1. The molecule has 1 amide bonds. The number of aromatic nitrogens is 1. The molecule has 1 atom stereocenters. The molecule has 5 nitrogen and oxygen atoms in total. The van der Waals surface area contributed by atoms with Gasteiger partial charge in [-0.15, -0.1) is 12.4 Å². The lowest BCUT2D eigenvalue weighted by atomic mass is 10.2. The van der Waals surface area contributed by atoms with Crippen molar-refractivity contribution in [3.63, 3.8) is 0 Å². The van der Waals surface area contributed by atoms with E-state index in [1.807, 2.05) is 11.9 Å². The van der Waals surface area contributed by atoms with E-state index in [1.54, 1.807) is 6.07 Å². The molecule has 0 radical (unpaired) electrons. The zero-order valence-corrected chi connectivity index (χ0v) is 10.00. The molecule has 0 aliphatic carbocycles. The van der Waals surface area contributed by atoms with E-state index in [0.29, 0.717) is 11.7 Å². The van der Waals surface area contributed by atoms with Crippen molar-refractivity contribution in [1.82, 2.24) is 15.4 Å². The lowest BCUT2D eigenvalue weighted by Crippen LogP contribution is -2.40. The van der Waals surface area contributed by atoms with Gasteiger partial charge in [0.1, 0.15) is 6.26 Å². The first-order valence-corrected chi connectivity index (χ1v) is 5.19. The zero-order chi connectivity index (χ0) is 10.7. The predicted octanol–water partition coefficient (Wildman–Crippen LogP) is 0.920. The van der Waals surface area contributed by atoms with E-state index in [1.165, 1.54) is 6.26 Å². The lowest BCUT2D eigenvalue weighted by molar-refractivity contribution is 0.0726. The van der Waals surface area contributed by atoms with Crippen LogP contribution in [0.15, 0.2) is 16.9 Å². The van der Waals surface area contributed by atoms with Gasteiger partial charge in [0.2, 0.25) is 0 Å². The average Bonchev–Trinajstić information content (AvgIpc) is 2.87. The second kappa shape index (κ2) is 5.86. The number of hydrogen-bond donors (Lipinski definition) is 1. The maximum Gasteiger partial charge on any atom is 0.276 e. The van der Waals surface area contributed by atoms with Gasteiger partial charge in [-0.1, -0.05) is 5.16 Å². The molecule has 0 bridgehead atoms. The Hall–Kier alpha value is -1.07. The minimum Gasteiger partial charge on any atom is -0.364 e. The van der Waals surface area contributed by atoms with Crippen LogP contribution in [0.5, 0.6) is 0 Å². The molecular weight excluding hydrogens is 230 g/mol. The normalized spacial score (nSPS) is 19.6. The van der Waals surface area contributed by atoms with Crippen LogP contribution in [0, 0.1) is 0 Å². The molecule has 2 heterocycles. The number of hydrogen-bond acceptors (Lipinski definition) is 4. The van der Waals surface area contributed by atoms with E-state index in [4.69, 9.17) is 0 Å². The summed E-state index contributed by atoms with van der Waals surface area (Å²) in [5.41, 5.74) is 0.401. The number of nitrogens with one attached hydrogen (secondary N) is 1. The van der Waals surface area contributed by atoms with Crippen molar-refractivity contribution in [3.8, 4) is 0 Å². The van der Waals surface area contributed by atoms with Gasteiger partial charge in [-0.25, -0.2) is 0 Å². The highest BCUT2D eigenvalue weighted by atomic mass is 35.5. The predicted molar refractivity (Wildman–Crippen MR) is 61.7 cm³/mol. The molecule has 6 heteroatoms. The highest BCUT2D eigenvalue weighted by Gasteiger charge is 2.29. The number of rotatable bonds is 3. The third kappa shape index (κ3) is 2.54. The lowest BCUT2D eigenvalue weighted by Gasteiger charge is -2.23. The minimum absolute atomic E-state index is 0. The Morgan fingerprint density at radius 2 is 2.56 bits per heavy atom. The highest BCUT2D eigenvalue weighted by molar-refractivity contribution is 5.92. The second-order valence-electron chi connectivity index (χ2n) is 3.74. The van der Waals surface area contributed by atoms with Crippen LogP contribution in [0.4, 0.5) is 0 Å². The number of halogens is 1. The van der Waals surface area contributed by atoms with E-state index in [2.05, 4.69) is 15.0 Å². The average molecular weight is 246 g/mol. The third-order valence-corrected chi connectivity index (χ3v) is 2.73. The van der Waals surface area contributed by atoms with Gasteiger partial charge in [-0.3, -0.25) is 4.79 Å². The molecule has 16 heavy (non-hydrogen) atoms. The molecular formula is C10H16ClN3O2. The van der Waals surface area contributed by atoms with Gasteiger partial charge in [0.25, 0.3) is 5.91 Å². The van der Waals surface area contributed by atoms with E-state index < -0.39 is 0 Å². The van der Waals surface area contributed by atoms with Crippen molar-refractivity contribution in [3.05, 3.63) is 18.0 Å². The van der Waals surface area contributed by atoms with E-state index >= 15 is 0 Å². The Labute approximate surface area is 101 Å². The van der Waals surface area contributed by atoms with Gasteiger partial charge >= 0.3 is 0 Å². The summed E-state index contributed by atoms with van der Waals surface area (Å²) in [6.07, 6.45) is 3.55. The molecule has 1 unspecified atom stereocenters. The topological polar surface area (TPSA) is 58.4 Å². The summed E-state index contributed by atoms with van der Waals surface area (Å²) in [5.74, 6) is -0.0264. The van der Waals surface area contributed by atoms with E-state index in [9.17, 15) is 4.79 Å². The summed E-state index contributed by atoms with van der Waals surface area (Å²) >= 11 is 0. The smallest absolute Gasteiger partial charge is 0.276 e. The summed E-state index contributed by atoms with van der Waals surface area (Å²) in [4.78, 5) is 13.8. The first-order valence-electron chi connectivity index (χ1n) is 5.19. The molecule has 1 aromatic heterocycles. The van der Waals surface area contributed by atoms with E-state index in [0.717, 1.165) is 25.9 Å². The summed E-state index contributed by atoms with van der Waals surface area (Å²) in [7, 11) is 1.90. The third-order valence-electron chi connectivity index (χ3n) is 2.73. The van der Waals surface area contributed by atoms with Crippen LogP contribution < -0.4 is 5.32 Å². The number of likely N-dealkylation sites (tertiary alicyclic amines) is 1. The largest absolute Gasteiger partial charge is 0.364 e. The quantitative estimate of drug-likeness (QED) is 0.861. The van der Waals surface area contributed by atoms with Crippen molar-refractivity contribution in [2.75, 3.05) is 20.1 Å². The van der Waals surface area contributed by atoms with Crippen LogP contribution in [0.3, 0.4) is 0 Å². The molecule has 1 fully saturated rings. The standard InChI is InChI=1S/C10H15N3O2.ClH/c1-11-7-8-3-2-5-13(8)10(14)9-4-6-15-12-9;/h4,6,8,11H,2-3,5,7H2,1H3;1H. The van der Waals surface area contributed by atoms with E-state index in [-0.39, 0.29) is 18.3 Å². The van der Waals surface area contributed by atoms with Gasteiger partial charge in [-0.05, 0) is 19.9 Å². The summed E-state index contributed by atoms with van der Waals surface area (Å²) in [5, 5.41) is 6.77. The maximum absolute atomic E-state index is 12.0. The second-order valence-corrected chi connectivity index (χ2v) is 3.74. The van der Waals surface area contributed by atoms with Crippen LogP contribution in [0.25, 0.3) is 0 Å². The van der Waals surface area contributed by atoms with Gasteiger partial charge < -0.3 is 14.7 Å². The van der Waals surface area contributed by atoms with Crippen LogP contribution in [0.1, 0.15) is 23.3 Å². The summed E-state index contributed by atoms with van der Waals surface area (Å²) < 4.78 is 4.68. The Morgan fingerprint density at radius 1 is 1.75 bits per heavy atom. The Bertz CT molecular complexity index is 329. The van der Waals surface area contributed by atoms with Gasteiger partial charge in [-0.2, -0.15) is 0 Å². The molecule has 0 aromatic carbocycles. The monoisotopic (exact) mass is 245 g/mol. The van der Waals surface area contributed by atoms with Crippen molar-refractivity contribution in [1.29, 1.82) is 0 Å². The van der Waals surface area contributed by atoms with Crippen LogP contribution in [0.2, 0.25) is 0 Å². The van der Waals surface area contributed by atoms with Gasteiger partial charge in [0.05, 0.1) is 0 Å². The molecule has 1 N–H and O–H groups in total. The number of carbonyl (C=O) groups is 1. The maximum atomic E-state index is 12.0. The van der Waals surface area contributed by atoms with Crippen LogP contribution in [-0.4, -0.2) is 42.1 Å². The van der Waals surface area contributed by atoms with Crippen molar-refractivity contribution in [2.24, 2.45) is 0 Å². The molecule has 1 saturated heterocycles. The first-order chi connectivity index (χ1) is 7.33. The Balaban J connectivity index is 0.00000128. The SMILES string of the molecule is CNCC1CCCN1C(=O)c1ccon1.Cl. The van der Waals surface area contributed by atoms with Crippen molar-refractivity contribution < 1.29 is 9.32 Å². The van der Waals surface area contributed by atoms with Gasteiger partial charge in [0.15, 0.2) is 5.69 Å². The van der Waals surface area contributed by atoms with Crippen LogP contribution >= 0.6 is 12.4 Å². The molecule has 1 aliphatic rings. The molecule has 0 spiro atoms.